The smallest absolute Gasteiger partial charge is 0.316 e. The zero-order valence-corrected chi connectivity index (χ0v) is 11.1. The molecule has 1 aliphatic carbocycles. The first-order valence-corrected chi connectivity index (χ1v) is 7.68. The van der Waals surface area contributed by atoms with Crippen LogP contribution >= 0.6 is 0 Å². The van der Waals surface area contributed by atoms with Crippen molar-refractivity contribution in [3.63, 3.8) is 0 Å². The predicted octanol–water partition coefficient (Wildman–Crippen LogP) is 1.20. The molecule has 1 aliphatic heterocycles. The molecule has 20 heavy (non-hydrogen) atoms. The maximum absolute atomic E-state index is 12.6. The standard InChI is InChI=1S/C12H13F3N2O2S/c13-12(14,15)7-2-1-3-8(4-7)20(18,19)17-11-9-5-16-6-10(9)11/h1-4,9-11,16-17H,5-6H2. The summed E-state index contributed by atoms with van der Waals surface area (Å²) in [6, 6.07) is 3.64. The Hall–Kier alpha value is -1.12. The lowest BCUT2D eigenvalue weighted by atomic mass is 10.2. The van der Waals surface area contributed by atoms with Gasteiger partial charge in [0.1, 0.15) is 0 Å². The molecule has 2 aliphatic rings. The summed E-state index contributed by atoms with van der Waals surface area (Å²) in [5.41, 5.74) is -0.960. The molecule has 2 unspecified atom stereocenters. The summed E-state index contributed by atoms with van der Waals surface area (Å²) in [5.74, 6) is 0.520. The van der Waals surface area contributed by atoms with Crippen molar-refractivity contribution < 1.29 is 21.6 Å². The zero-order chi connectivity index (χ0) is 14.5. The fourth-order valence-corrected chi connectivity index (χ4v) is 4.06. The van der Waals surface area contributed by atoms with Crippen LogP contribution in [0.1, 0.15) is 5.56 Å². The van der Waals surface area contributed by atoms with E-state index >= 15 is 0 Å². The monoisotopic (exact) mass is 306 g/mol. The molecule has 1 aromatic carbocycles. The molecule has 0 spiro atoms. The van der Waals surface area contributed by atoms with Crippen LogP contribution in [0.4, 0.5) is 13.2 Å². The van der Waals surface area contributed by atoms with Crippen molar-refractivity contribution in [2.24, 2.45) is 11.8 Å². The lowest BCUT2D eigenvalue weighted by molar-refractivity contribution is -0.137. The minimum absolute atomic E-state index is 0.157. The third kappa shape index (κ3) is 2.43. The van der Waals surface area contributed by atoms with E-state index in [1.54, 1.807) is 0 Å². The van der Waals surface area contributed by atoms with Gasteiger partial charge in [0.2, 0.25) is 10.0 Å². The zero-order valence-electron chi connectivity index (χ0n) is 10.3. The SMILES string of the molecule is O=S(=O)(NC1C2CNCC21)c1cccc(C(F)(F)F)c1. The molecule has 110 valence electrons. The first-order valence-electron chi connectivity index (χ1n) is 6.19. The average Bonchev–Trinajstić information content (AvgIpc) is 2.82. The fraction of sp³-hybridized carbons (Fsp3) is 0.500. The summed E-state index contributed by atoms with van der Waals surface area (Å²) in [5, 5.41) is 3.12. The number of sulfonamides is 1. The van der Waals surface area contributed by atoms with E-state index in [4.69, 9.17) is 0 Å². The number of benzene rings is 1. The van der Waals surface area contributed by atoms with Crippen LogP contribution in [0.3, 0.4) is 0 Å². The van der Waals surface area contributed by atoms with Crippen molar-refractivity contribution in [1.82, 2.24) is 10.0 Å². The molecule has 8 heteroatoms. The van der Waals surface area contributed by atoms with Crippen molar-refractivity contribution in [3.8, 4) is 0 Å². The number of fused-ring (bicyclic) bond motifs is 1. The number of halogens is 3. The highest BCUT2D eigenvalue weighted by atomic mass is 32.2. The molecule has 2 fully saturated rings. The van der Waals surface area contributed by atoms with E-state index in [0.29, 0.717) is 6.07 Å². The first kappa shape index (κ1) is 13.8. The topological polar surface area (TPSA) is 58.2 Å². The predicted molar refractivity (Wildman–Crippen MR) is 65.4 cm³/mol. The summed E-state index contributed by atoms with van der Waals surface area (Å²) in [4.78, 5) is -0.342. The van der Waals surface area contributed by atoms with Gasteiger partial charge in [-0.25, -0.2) is 13.1 Å². The summed E-state index contributed by atoms with van der Waals surface area (Å²) >= 11 is 0. The molecule has 1 heterocycles. The Morgan fingerprint density at radius 2 is 1.85 bits per heavy atom. The second-order valence-electron chi connectivity index (χ2n) is 5.16. The number of nitrogens with one attached hydrogen (secondary N) is 2. The van der Waals surface area contributed by atoms with Crippen LogP contribution in [0.2, 0.25) is 0 Å². The van der Waals surface area contributed by atoms with Gasteiger partial charge in [0.15, 0.2) is 0 Å². The Morgan fingerprint density at radius 1 is 1.20 bits per heavy atom. The van der Waals surface area contributed by atoms with Crippen molar-refractivity contribution >= 4 is 10.0 Å². The van der Waals surface area contributed by atoms with Crippen LogP contribution in [0.5, 0.6) is 0 Å². The molecule has 3 rings (SSSR count). The van der Waals surface area contributed by atoms with Gasteiger partial charge in [0.05, 0.1) is 10.5 Å². The minimum atomic E-state index is -4.55. The van der Waals surface area contributed by atoms with Crippen molar-refractivity contribution in [3.05, 3.63) is 29.8 Å². The number of hydrogen-bond acceptors (Lipinski definition) is 3. The van der Waals surface area contributed by atoms with E-state index < -0.39 is 21.8 Å². The van der Waals surface area contributed by atoms with Crippen LogP contribution in [0, 0.1) is 11.8 Å². The lowest BCUT2D eigenvalue weighted by Gasteiger charge is -2.11. The Labute approximate surface area is 114 Å². The van der Waals surface area contributed by atoms with E-state index in [1.807, 2.05) is 0 Å². The van der Waals surface area contributed by atoms with Crippen LogP contribution in [0.25, 0.3) is 0 Å². The fourth-order valence-electron chi connectivity index (χ4n) is 2.68. The van der Waals surface area contributed by atoms with Gasteiger partial charge in [-0.1, -0.05) is 6.07 Å². The Bertz CT molecular complexity index is 620. The molecule has 0 radical (unpaired) electrons. The highest BCUT2D eigenvalue weighted by molar-refractivity contribution is 7.89. The van der Waals surface area contributed by atoms with Crippen LogP contribution < -0.4 is 10.0 Å². The third-order valence-electron chi connectivity index (χ3n) is 3.85. The number of piperidine rings is 1. The highest BCUT2D eigenvalue weighted by Crippen LogP contribution is 2.42. The van der Waals surface area contributed by atoms with Gasteiger partial charge in [-0.3, -0.25) is 0 Å². The van der Waals surface area contributed by atoms with E-state index in [1.165, 1.54) is 6.07 Å². The van der Waals surface area contributed by atoms with Gasteiger partial charge in [-0.05, 0) is 43.1 Å². The summed E-state index contributed by atoms with van der Waals surface area (Å²) in [7, 11) is -3.90. The number of rotatable bonds is 3. The van der Waals surface area contributed by atoms with E-state index in [-0.39, 0.29) is 22.8 Å². The summed E-state index contributed by atoms with van der Waals surface area (Å²) in [6.45, 7) is 1.50. The number of hydrogen-bond donors (Lipinski definition) is 2. The maximum Gasteiger partial charge on any atom is 0.416 e. The van der Waals surface area contributed by atoms with Gasteiger partial charge in [0.25, 0.3) is 0 Å². The molecule has 1 saturated carbocycles. The first-order chi connectivity index (χ1) is 9.29. The van der Waals surface area contributed by atoms with Gasteiger partial charge < -0.3 is 5.32 Å². The van der Waals surface area contributed by atoms with Crippen molar-refractivity contribution in [2.75, 3.05) is 13.1 Å². The molecule has 4 nitrogen and oxygen atoms in total. The minimum Gasteiger partial charge on any atom is -0.316 e. The molecule has 0 bridgehead atoms. The second kappa shape index (κ2) is 4.44. The molecular weight excluding hydrogens is 293 g/mol. The largest absolute Gasteiger partial charge is 0.416 e. The van der Waals surface area contributed by atoms with E-state index in [2.05, 4.69) is 10.0 Å². The maximum atomic E-state index is 12.6. The number of alkyl halides is 3. The molecule has 1 saturated heterocycles. The van der Waals surface area contributed by atoms with Gasteiger partial charge in [0, 0.05) is 6.04 Å². The normalized spacial score (nSPS) is 29.2. The van der Waals surface area contributed by atoms with Crippen molar-refractivity contribution in [2.45, 2.75) is 17.1 Å². The van der Waals surface area contributed by atoms with Gasteiger partial charge in [-0.15, -0.1) is 0 Å². The Morgan fingerprint density at radius 3 is 2.45 bits per heavy atom. The molecule has 0 amide bonds. The Balaban J connectivity index is 1.81. The molecule has 0 aromatic heterocycles. The lowest BCUT2D eigenvalue weighted by Crippen LogP contribution is -2.32. The van der Waals surface area contributed by atoms with Crippen LogP contribution in [0.15, 0.2) is 29.2 Å². The quantitative estimate of drug-likeness (QED) is 0.882. The second-order valence-corrected chi connectivity index (χ2v) is 6.87. The van der Waals surface area contributed by atoms with Crippen LogP contribution in [-0.2, 0) is 16.2 Å². The van der Waals surface area contributed by atoms with E-state index in [9.17, 15) is 21.6 Å². The van der Waals surface area contributed by atoms with Crippen molar-refractivity contribution in [1.29, 1.82) is 0 Å². The molecule has 1 aromatic rings. The summed E-state index contributed by atoms with van der Waals surface area (Å²) < 4.78 is 64.5. The van der Waals surface area contributed by atoms with Gasteiger partial charge >= 0.3 is 6.18 Å². The third-order valence-corrected chi connectivity index (χ3v) is 5.31. The van der Waals surface area contributed by atoms with Gasteiger partial charge in [-0.2, -0.15) is 13.2 Å². The summed E-state index contributed by atoms with van der Waals surface area (Å²) in [6.07, 6.45) is -4.55. The average molecular weight is 306 g/mol. The highest BCUT2D eigenvalue weighted by Gasteiger charge is 2.54. The van der Waals surface area contributed by atoms with E-state index in [0.717, 1.165) is 25.2 Å². The molecule has 2 N–H and O–H groups in total. The molecule has 2 atom stereocenters. The van der Waals surface area contributed by atoms with Crippen LogP contribution in [-0.4, -0.2) is 27.5 Å². The Kier molecular flexibility index (Phi) is 3.07. The molecular formula is C12H13F3N2O2S.